The highest BCUT2D eigenvalue weighted by molar-refractivity contribution is 7.92. The number of nitrogens with zero attached hydrogens (tertiary/aromatic N) is 4. The molecule has 0 saturated heterocycles. The minimum absolute atomic E-state index is 0.110. The number of unbranched alkanes of at least 4 members (excludes halogenated alkanes) is 1. The van der Waals surface area contributed by atoms with Gasteiger partial charge in [-0.05, 0) is 37.6 Å². The van der Waals surface area contributed by atoms with Crippen LogP contribution in [0.1, 0.15) is 25.6 Å². The molecule has 2 heterocycles. The van der Waals surface area contributed by atoms with Crippen LogP contribution in [0.5, 0.6) is 11.6 Å². The van der Waals surface area contributed by atoms with Crippen LogP contribution in [0.25, 0.3) is 5.82 Å². The first kappa shape index (κ1) is 18.8. The van der Waals surface area contributed by atoms with Crippen molar-refractivity contribution >= 4 is 15.7 Å². The summed E-state index contributed by atoms with van der Waals surface area (Å²) in [6.07, 6.45) is 6.37. The lowest BCUT2D eigenvalue weighted by Gasteiger charge is -2.10. The van der Waals surface area contributed by atoms with Gasteiger partial charge in [0.2, 0.25) is 15.9 Å². The first-order valence-electron chi connectivity index (χ1n) is 8.57. The van der Waals surface area contributed by atoms with Gasteiger partial charge in [-0.2, -0.15) is 0 Å². The molecule has 0 atom stereocenters. The molecule has 8 nitrogen and oxygen atoms in total. The van der Waals surface area contributed by atoms with E-state index in [0.29, 0.717) is 29.6 Å². The fraction of sp³-hybridized carbons (Fsp3) is 0.278. The summed E-state index contributed by atoms with van der Waals surface area (Å²) in [7, 11) is -3.32. The predicted octanol–water partition coefficient (Wildman–Crippen LogP) is 3.30. The van der Waals surface area contributed by atoms with Gasteiger partial charge in [-0.15, -0.1) is 0 Å². The molecule has 0 unspecified atom stereocenters. The Kier molecular flexibility index (Phi) is 5.70. The molecule has 0 aliphatic carbocycles. The zero-order valence-electron chi connectivity index (χ0n) is 15.2. The van der Waals surface area contributed by atoms with Gasteiger partial charge in [0, 0.05) is 24.1 Å². The summed E-state index contributed by atoms with van der Waals surface area (Å²) in [4.78, 5) is 12.5. The molecule has 0 fully saturated rings. The van der Waals surface area contributed by atoms with E-state index >= 15 is 0 Å². The van der Waals surface area contributed by atoms with Crippen LogP contribution in [0.2, 0.25) is 0 Å². The van der Waals surface area contributed by atoms with Gasteiger partial charge in [-0.25, -0.2) is 23.4 Å². The average molecular weight is 387 g/mol. The van der Waals surface area contributed by atoms with Crippen LogP contribution < -0.4 is 9.46 Å². The standard InChI is InChI=1S/C18H21N5O3S/c1-3-4-11-27(24,25)22-15-5-7-16(8-6-15)26-18-12-17(20-13-21-18)23-10-9-19-14(23)2/h5-10,12-13,22H,3-4,11H2,1-2H3. The highest BCUT2D eigenvalue weighted by Gasteiger charge is 2.10. The van der Waals surface area contributed by atoms with Crippen molar-refractivity contribution in [2.45, 2.75) is 26.7 Å². The maximum atomic E-state index is 11.9. The molecule has 0 amide bonds. The van der Waals surface area contributed by atoms with Gasteiger partial charge in [-0.1, -0.05) is 13.3 Å². The van der Waals surface area contributed by atoms with Gasteiger partial charge in [0.15, 0.2) is 0 Å². The van der Waals surface area contributed by atoms with E-state index in [-0.39, 0.29) is 5.75 Å². The molecule has 0 radical (unpaired) electrons. The number of benzene rings is 1. The first-order valence-corrected chi connectivity index (χ1v) is 10.2. The summed E-state index contributed by atoms with van der Waals surface area (Å²) in [6, 6.07) is 8.38. The SMILES string of the molecule is CCCCS(=O)(=O)Nc1ccc(Oc2cc(-n3ccnc3C)ncn2)cc1. The molecule has 1 aromatic carbocycles. The molecule has 0 bridgehead atoms. The van der Waals surface area contributed by atoms with Crippen LogP contribution in [0.4, 0.5) is 5.69 Å². The van der Waals surface area contributed by atoms with Crippen molar-refractivity contribution in [1.29, 1.82) is 0 Å². The topological polar surface area (TPSA) is 99.0 Å². The third-order valence-electron chi connectivity index (χ3n) is 3.82. The van der Waals surface area contributed by atoms with Gasteiger partial charge in [0.25, 0.3) is 0 Å². The predicted molar refractivity (Wildman–Crippen MR) is 103 cm³/mol. The Bertz CT molecular complexity index is 1000. The maximum Gasteiger partial charge on any atom is 0.232 e. The van der Waals surface area contributed by atoms with Crippen molar-refractivity contribution in [3.63, 3.8) is 0 Å². The van der Waals surface area contributed by atoms with Crippen molar-refractivity contribution in [3.8, 4) is 17.4 Å². The number of nitrogens with one attached hydrogen (secondary N) is 1. The third-order valence-corrected chi connectivity index (χ3v) is 5.19. The van der Waals surface area contributed by atoms with E-state index in [1.165, 1.54) is 6.33 Å². The van der Waals surface area contributed by atoms with Crippen LogP contribution in [-0.2, 0) is 10.0 Å². The molecule has 9 heteroatoms. The van der Waals surface area contributed by atoms with Crippen molar-refractivity contribution < 1.29 is 13.2 Å². The van der Waals surface area contributed by atoms with E-state index in [4.69, 9.17) is 4.74 Å². The quantitative estimate of drug-likeness (QED) is 0.637. The van der Waals surface area contributed by atoms with Crippen LogP contribution in [0.15, 0.2) is 49.1 Å². The summed E-state index contributed by atoms with van der Waals surface area (Å²) < 4.78 is 34.0. The molecule has 0 saturated carbocycles. The molecule has 27 heavy (non-hydrogen) atoms. The number of imidazole rings is 1. The largest absolute Gasteiger partial charge is 0.439 e. The van der Waals surface area contributed by atoms with Gasteiger partial charge in [0.1, 0.15) is 23.7 Å². The fourth-order valence-corrected chi connectivity index (χ4v) is 3.68. The van der Waals surface area contributed by atoms with Gasteiger partial charge >= 0.3 is 0 Å². The van der Waals surface area contributed by atoms with E-state index in [1.807, 2.05) is 18.4 Å². The van der Waals surface area contributed by atoms with Crippen LogP contribution >= 0.6 is 0 Å². The minimum Gasteiger partial charge on any atom is -0.439 e. The van der Waals surface area contributed by atoms with Crippen molar-refractivity contribution in [2.24, 2.45) is 0 Å². The smallest absolute Gasteiger partial charge is 0.232 e. The van der Waals surface area contributed by atoms with Gasteiger partial charge < -0.3 is 4.74 Å². The van der Waals surface area contributed by atoms with Crippen LogP contribution in [-0.4, -0.2) is 33.7 Å². The second-order valence-electron chi connectivity index (χ2n) is 5.96. The Hall–Kier alpha value is -2.94. The van der Waals surface area contributed by atoms with E-state index in [2.05, 4.69) is 19.7 Å². The number of ether oxygens (including phenoxy) is 1. The Balaban J connectivity index is 1.69. The molecular formula is C18H21N5O3S. The average Bonchev–Trinajstić information content (AvgIpc) is 3.08. The summed E-state index contributed by atoms with van der Waals surface area (Å²) in [5, 5.41) is 0. The number of rotatable bonds is 8. The second kappa shape index (κ2) is 8.17. The first-order chi connectivity index (χ1) is 13.0. The Morgan fingerprint density at radius 3 is 2.59 bits per heavy atom. The Labute approximate surface area is 158 Å². The van der Waals surface area contributed by atoms with Gasteiger partial charge in [-0.3, -0.25) is 9.29 Å². The lowest BCUT2D eigenvalue weighted by Crippen LogP contribution is -2.16. The number of aryl methyl sites for hydroxylation is 1. The Morgan fingerprint density at radius 2 is 1.93 bits per heavy atom. The molecular weight excluding hydrogens is 366 g/mol. The summed E-state index contributed by atoms with van der Waals surface area (Å²) in [5.74, 6) is 2.48. The van der Waals surface area contributed by atoms with Crippen LogP contribution in [0, 0.1) is 6.92 Å². The molecule has 0 aliphatic rings. The number of hydrogen-bond donors (Lipinski definition) is 1. The maximum absolute atomic E-state index is 11.9. The molecule has 142 valence electrons. The van der Waals surface area contributed by atoms with Crippen LogP contribution in [0.3, 0.4) is 0 Å². The molecule has 2 aromatic heterocycles. The molecule has 3 aromatic rings. The molecule has 3 rings (SSSR count). The van der Waals surface area contributed by atoms with Gasteiger partial charge in [0.05, 0.1) is 5.75 Å². The zero-order chi connectivity index (χ0) is 19.3. The molecule has 1 N–H and O–H groups in total. The zero-order valence-corrected chi connectivity index (χ0v) is 16.0. The normalized spacial score (nSPS) is 11.3. The Morgan fingerprint density at radius 1 is 1.15 bits per heavy atom. The van der Waals surface area contributed by atoms with E-state index in [9.17, 15) is 8.42 Å². The summed E-state index contributed by atoms with van der Waals surface area (Å²) in [6.45, 7) is 3.83. The lowest BCUT2D eigenvalue weighted by molar-refractivity contribution is 0.461. The summed E-state index contributed by atoms with van der Waals surface area (Å²) >= 11 is 0. The highest BCUT2D eigenvalue weighted by atomic mass is 32.2. The third kappa shape index (κ3) is 5.04. The van der Waals surface area contributed by atoms with Crippen molar-refractivity contribution in [3.05, 3.63) is 54.9 Å². The number of aromatic nitrogens is 4. The fourth-order valence-electron chi connectivity index (χ4n) is 2.41. The number of sulfonamides is 1. The van der Waals surface area contributed by atoms with E-state index < -0.39 is 10.0 Å². The van der Waals surface area contributed by atoms with Crippen molar-refractivity contribution in [2.75, 3.05) is 10.5 Å². The molecule has 0 aliphatic heterocycles. The number of anilines is 1. The summed E-state index contributed by atoms with van der Waals surface area (Å²) in [5.41, 5.74) is 0.496. The highest BCUT2D eigenvalue weighted by Crippen LogP contribution is 2.23. The minimum atomic E-state index is -3.32. The number of hydrogen-bond acceptors (Lipinski definition) is 6. The van der Waals surface area contributed by atoms with E-state index in [0.717, 1.165) is 12.2 Å². The van der Waals surface area contributed by atoms with Crippen molar-refractivity contribution in [1.82, 2.24) is 19.5 Å². The van der Waals surface area contributed by atoms with E-state index in [1.54, 1.807) is 42.7 Å². The monoisotopic (exact) mass is 387 g/mol. The lowest BCUT2D eigenvalue weighted by atomic mass is 10.3. The molecule has 0 spiro atoms. The second-order valence-corrected chi connectivity index (χ2v) is 7.80.